The maximum atomic E-state index is 4.34. The lowest BCUT2D eigenvalue weighted by molar-refractivity contribution is 0.589. The molecule has 0 fully saturated rings. The van der Waals surface area contributed by atoms with E-state index < -0.39 is 0 Å². The van der Waals surface area contributed by atoms with Gasteiger partial charge in [-0.15, -0.1) is 0 Å². The van der Waals surface area contributed by atoms with Gasteiger partial charge in [0.25, 0.3) is 0 Å². The first kappa shape index (κ1) is 10.1. The first-order valence-corrected chi connectivity index (χ1v) is 5.67. The van der Waals surface area contributed by atoms with Crippen molar-refractivity contribution >= 4 is 11.2 Å². The number of nitrogens with zero attached hydrogens (tertiary/aromatic N) is 3. The zero-order chi connectivity index (χ0) is 10.5. The Hall–Kier alpha value is -1.38. The Morgan fingerprint density at radius 1 is 1.20 bits per heavy atom. The molecule has 2 heterocycles. The lowest BCUT2D eigenvalue weighted by atomic mass is 10.2. The summed E-state index contributed by atoms with van der Waals surface area (Å²) in [7, 11) is 0. The van der Waals surface area contributed by atoms with Crippen LogP contribution in [0.5, 0.6) is 0 Å². The van der Waals surface area contributed by atoms with Crippen molar-refractivity contribution in [2.75, 3.05) is 0 Å². The van der Waals surface area contributed by atoms with E-state index in [4.69, 9.17) is 0 Å². The molecule has 80 valence electrons. The fraction of sp³-hybridized carbons (Fsp3) is 0.500. The van der Waals surface area contributed by atoms with Gasteiger partial charge in [0, 0.05) is 12.7 Å². The van der Waals surface area contributed by atoms with Crippen LogP contribution in [0.2, 0.25) is 0 Å². The Balaban J connectivity index is 2.02. The zero-order valence-electron chi connectivity index (χ0n) is 9.19. The van der Waals surface area contributed by atoms with Gasteiger partial charge in [-0.2, -0.15) is 0 Å². The molecule has 3 heteroatoms. The van der Waals surface area contributed by atoms with Crippen LogP contribution in [0.4, 0.5) is 0 Å². The standard InChI is InChI=1S/C12H17N3/c1-2-3-4-5-9-15-10-14-11-7-6-8-13-12(11)15/h6-8,10H,2-5,9H2,1H3. The Morgan fingerprint density at radius 3 is 3.00 bits per heavy atom. The number of hydrogen-bond acceptors (Lipinski definition) is 2. The maximum absolute atomic E-state index is 4.34. The topological polar surface area (TPSA) is 30.7 Å². The largest absolute Gasteiger partial charge is 0.315 e. The van der Waals surface area contributed by atoms with Crippen molar-refractivity contribution in [2.24, 2.45) is 0 Å². The molecule has 2 aromatic rings. The van der Waals surface area contributed by atoms with Gasteiger partial charge in [-0.3, -0.25) is 0 Å². The van der Waals surface area contributed by atoms with E-state index in [1.807, 2.05) is 24.7 Å². The van der Waals surface area contributed by atoms with Crippen LogP contribution in [0.1, 0.15) is 32.6 Å². The monoisotopic (exact) mass is 203 g/mol. The van der Waals surface area contributed by atoms with Crippen LogP contribution in [0.25, 0.3) is 11.2 Å². The van der Waals surface area contributed by atoms with Crippen molar-refractivity contribution in [1.82, 2.24) is 14.5 Å². The lowest BCUT2D eigenvalue weighted by Gasteiger charge is -2.02. The maximum Gasteiger partial charge on any atom is 0.159 e. The van der Waals surface area contributed by atoms with Gasteiger partial charge in [-0.05, 0) is 18.6 Å². The molecule has 0 radical (unpaired) electrons. The van der Waals surface area contributed by atoms with E-state index in [1.165, 1.54) is 25.7 Å². The van der Waals surface area contributed by atoms with Gasteiger partial charge in [0.15, 0.2) is 5.65 Å². The summed E-state index contributed by atoms with van der Waals surface area (Å²) in [6.45, 7) is 3.27. The summed E-state index contributed by atoms with van der Waals surface area (Å²) in [5.41, 5.74) is 2.00. The lowest BCUT2D eigenvalue weighted by Crippen LogP contribution is -1.97. The molecule has 0 aliphatic carbocycles. The third-order valence-electron chi connectivity index (χ3n) is 2.63. The summed E-state index contributed by atoms with van der Waals surface area (Å²) >= 11 is 0. The van der Waals surface area contributed by atoms with Gasteiger partial charge >= 0.3 is 0 Å². The summed E-state index contributed by atoms with van der Waals surface area (Å²) in [6.07, 6.45) is 8.83. The zero-order valence-corrected chi connectivity index (χ0v) is 9.19. The number of rotatable bonds is 5. The Morgan fingerprint density at radius 2 is 2.13 bits per heavy atom. The van der Waals surface area contributed by atoms with Gasteiger partial charge in [0.05, 0.1) is 6.33 Å². The molecule has 0 aliphatic heterocycles. The predicted octanol–water partition coefficient (Wildman–Crippen LogP) is 3.01. The van der Waals surface area contributed by atoms with Gasteiger partial charge in [-0.1, -0.05) is 26.2 Å². The second kappa shape index (κ2) is 4.91. The Kier molecular flexibility index (Phi) is 3.33. The van der Waals surface area contributed by atoms with Crippen LogP contribution in [0.3, 0.4) is 0 Å². The molecule has 0 aromatic carbocycles. The summed E-state index contributed by atoms with van der Waals surface area (Å²) in [6, 6.07) is 3.93. The molecular formula is C12H17N3. The average Bonchev–Trinajstić information content (AvgIpc) is 2.68. The van der Waals surface area contributed by atoms with Gasteiger partial charge in [0.2, 0.25) is 0 Å². The molecule has 2 aromatic heterocycles. The van der Waals surface area contributed by atoms with E-state index in [2.05, 4.69) is 21.5 Å². The number of pyridine rings is 1. The third-order valence-corrected chi connectivity index (χ3v) is 2.63. The molecule has 0 atom stereocenters. The van der Waals surface area contributed by atoms with Crippen molar-refractivity contribution in [3.8, 4) is 0 Å². The third kappa shape index (κ3) is 2.35. The van der Waals surface area contributed by atoms with Gasteiger partial charge < -0.3 is 4.57 Å². The minimum absolute atomic E-state index is 0.994. The molecular weight excluding hydrogens is 186 g/mol. The molecule has 15 heavy (non-hydrogen) atoms. The molecule has 2 rings (SSSR count). The van der Waals surface area contributed by atoms with E-state index in [1.54, 1.807) is 0 Å². The Bertz CT molecular complexity index is 419. The average molecular weight is 203 g/mol. The predicted molar refractivity (Wildman–Crippen MR) is 61.7 cm³/mol. The van der Waals surface area contributed by atoms with Crippen LogP contribution >= 0.6 is 0 Å². The van der Waals surface area contributed by atoms with E-state index in [-0.39, 0.29) is 0 Å². The first-order valence-electron chi connectivity index (χ1n) is 5.67. The van der Waals surface area contributed by atoms with Crippen molar-refractivity contribution in [2.45, 2.75) is 39.2 Å². The van der Waals surface area contributed by atoms with Gasteiger partial charge in [-0.25, -0.2) is 9.97 Å². The van der Waals surface area contributed by atoms with Crippen molar-refractivity contribution in [3.63, 3.8) is 0 Å². The van der Waals surface area contributed by atoms with Crippen LogP contribution in [0.15, 0.2) is 24.7 Å². The van der Waals surface area contributed by atoms with Crippen molar-refractivity contribution < 1.29 is 0 Å². The summed E-state index contributed by atoms with van der Waals surface area (Å²) in [4.78, 5) is 8.66. The number of aromatic nitrogens is 3. The fourth-order valence-electron chi connectivity index (χ4n) is 1.77. The Labute approximate surface area is 90.2 Å². The second-order valence-electron chi connectivity index (χ2n) is 3.84. The van der Waals surface area contributed by atoms with E-state index in [9.17, 15) is 0 Å². The molecule has 0 bridgehead atoms. The quantitative estimate of drug-likeness (QED) is 0.699. The summed E-state index contributed by atoms with van der Waals surface area (Å²) < 4.78 is 2.14. The summed E-state index contributed by atoms with van der Waals surface area (Å²) in [5, 5.41) is 0. The minimum Gasteiger partial charge on any atom is -0.315 e. The van der Waals surface area contributed by atoms with E-state index in [0.29, 0.717) is 0 Å². The van der Waals surface area contributed by atoms with Crippen LogP contribution < -0.4 is 0 Å². The number of aryl methyl sites for hydroxylation is 1. The molecule has 0 N–H and O–H groups in total. The van der Waals surface area contributed by atoms with Crippen molar-refractivity contribution in [3.05, 3.63) is 24.7 Å². The van der Waals surface area contributed by atoms with Crippen LogP contribution in [0, 0.1) is 0 Å². The molecule has 0 saturated carbocycles. The molecule has 3 nitrogen and oxygen atoms in total. The fourth-order valence-corrected chi connectivity index (χ4v) is 1.77. The van der Waals surface area contributed by atoms with E-state index in [0.717, 1.165) is 17.7 Å². The molecule has 0 amide bonds. The van der Waals surface area contributed by atoms with Crippen LogP contribution in [-0.4, -0.2) is 14.5 Å². The highest BCUT2D eigenvalue weighted by Crippen LogP contribution is 2.10. The highest BCUT2D eigenvalue weighted by atomic mass is 15.1. The highest BCUT2D eigenvalue weighted by molar-refractivity contribution is 5.69. The van der Waals surface area contributed by atoms with Crippen LogP contribution in [-0.2, 0) is 6.54 Å². The molecule has 0 unspecified atom stereocenters. The molecule has 0 saturated heterocycles. The number of hydrogen-bond donors (Lipinski definition) is 0. The molecule has 0 aliphatic rings. The van der Waals surface area contributed by atoms with Gasteiger partial charge in [0.1, 0.15) is 5.52 Å². The van der Waals surface area contributed by atoms with E-state index >= 15 is 0 Å². The second-order valence-corrected chi connectivity index (χ2v) is 3.84. The number of fused-ring (bicyclic) bond motifs is 1. The smallest absolute Gasteiger partial charge is 0.159 e. The minimum atomic E-state index is 0.994. The summed E-state index contributed by atoms with van der Waals surface area (Å²) in [5.74, 6) is 0. The number of unbranched alkanes of at least 4 members (excludes halogenated alkanes) is 3. The SMILES string of the molecule is CCCCCCn1cnc2cccnc21. The first-order chi connectivity index (χ1) is 7.42. The normalized spacial score (nSPS) is 11.0. The highest BCUT2D eigenvalue weighted by Gasteiger charge is 2.01. The van der Waals surface area contributed by atoms with Crippen molar-refractivity contribution in [1.29, 1.82) is 0 Å². The number of imidazole rings is 1. The molecule has 0 spiro atoms.